The summed E-state index contributed by atoms with van der Waals surface area (Å²) in [6, 6.07) is 14.6. The third-order valence-corrected chi connectivity index (χ3v) is 3.19. The van der Waals surface area contributed by atoms with Crippen molar-refractivity contribution in [3.05, 3.63) is 48.0 Å². The first-order valence-electron chi connectivity index (χ1n) is 5.13. The number of fused-ring (bicyclic) bond motifs is 1. The van der Waals surface area contributed by atoms with Gasteiger partial charge in [-0.3, -0.25) is 0 Å². The molecule has 0 fully saturated rings. The summed E-state index contributed by atoms with van der Waals surface area (Å²) in [5.74, 6) is 0. The van der Waals surface area contributed by atoms with Crippen molar-refractivity contribution in [2.75, 3.05) is 0 Å². The van der Waals surface area contributed by atoms with Crippen molar-refractivity contribution < 1.29 is 0 Å². The van der Waals surface area contributed by atoms with E-state index in [2.05, 4.69) is 46.0 Å². The fourth-order valence-corrected chi connectivity index (χ4v) is 2.32. The summed E-state index contributed by atoms with van der Waals surface area (Å²) >= 11 is 1.26. The molecule has 0 spiro atoms. The van der Waals surface area contributed by atoms with Gasteiger partial charge in [-0.2, -0.15) is 8.75 Å². The molecule has 0 aliphatic heterocycles. The summed E-state index contributed by atoms with van der Waals surface area (Å²) in [6.45, 7) is 2.09. The van der Waals surface area contributed by atoms with Gasteiger partial charge in [0.2, 0.25) is 0 Å². The molecule has 0 atom stereocenters. The second kappa shape index (κ2) is 3.68. The Labute approximate surface area is 97.9 Å². The average molecular weight is 226 g/mol. The molecule has 0 saturated carbocycles. The highest BCUT2D eigenvalue weighted by atomic mass is 32.1. The summed E-state index contributed by atoms with van der Waals surface area (Å²) in [7, 11) is 0. The summed E-state index contributed by atoms with van der Waals surface area (Å²) in [5, 5.41) is 0. The number of nitrogens with zero attached hydrogens (tertiary/aromatic N) is 2. The summed E-state index contributed by atoms with van der Waals surface area (Å²) in [5.41, 5.74) is 5.60. The van der Waals surface area contributed by atoms with E-state index in [-0.39, 0.29) is 0 Å². The molecule has 0 aliphatic carbocycles. The predicted octanol–water partition coefficient (Wildman–Crippen LogP) is 3.67. The quantitative estimate of drug-likeness (QED) is 0.632. The van der Waals surface area contributed by atoms with Crippen LogP contribution in [0.1, 0.15) is 5.56 Å². The average Bonchev–Trinajstić information content (AvgIpc) is 2.78. The van der Waals surface area contributed by atoms with Crippen molar-refractivity contribution in [2.45, 2.75) is 6.92 Å². The van der Waals surface area contributed by atoms with Crippen molar-refractivity contribution >= 4 is 22.8 Å². The molecule has 16 heavy (non-hydrogen) atoms. The molecule has 3 heteroatoms. The Bertz CT molecular complexity index is 626. The molecule has 0 saturated heterocycles. The van der Waals surface area contributed by atoms with E-state index in [1.54, 1.807) is 0 Å². The molecule has 2 nitrogen and oxygen atoms in total. The lowest BCUT2D eigenvalue weighted by Crippen LogP contribution is -1.80. The van der Waals surface area contributed by atoms with Crippen molar-refractivity contribution in [2.24, 2.45) is 0 Å². The number of hydrogen-bond acceptors (Lipinski definition) is 3. The van der Waals surface area contributed by atoms with Gasteiger partial charge in [-0.1, -0.05) is 42.0 Å². The van der Waals surface area contributed by atoms with Crippen molar-refractivity contribution in [3.8, 4) is 11.1 Å². The predicted molar refractivity (Wildman–Crippen MR) is 67.6 cm³/mol. The Morgan fingerprint density at radius 1 is 0.938 bits per heavy atom. The van der Waals surface area contributed by atoms with Gasteiger partial charge in [-0.15, -0.1) is 0 Å². The first-order valence-corrected chi connectivity index (χ1v) is 5.86. The van der Waals surface area contributed by atoms with Crippen LogP contribution in [0.15, 0.2) is 42.5 Å². The highest BCUT2D eigenvalue weighted by molar-refractivity contribution is 7.00. The van der Waals surface area contributed by atoms with Gasteiger partial charge in [0.15, 0.2) is 0 Å². The number of hydrogen-bond donors (Lipinski definition) is 0. The van der Waals surface area contributed by atoms with E-state index in [9.17, 15) is 0 Å². The lowest BCUT2D eigenvalue weighted by Gasteiger charge is -2.02. The van der Waals surface area contributed by atoms with Crippen LogP contribution >= 0.6 is 11.7 Å². The highest BCUT2D eigenvalue weighted by Gasteiger charge is 2.06. The molecule has 2 aromatic carbocycles. The molecule has 0 radical (unpaired) electrons. The molecule has 0 aliphatic rings. The second-order valence-corrected chi connectivity index (χ2v) is 4.33. The molecule has 0 N–H and O–H groups in total. The number of rotatable bonds is 1. The Morgan fingerprint density at radius 3 is 2.56 bits per heavy atom. The normalized spacial score (nSPS) is 10.8. The van der Waals surface area contributed by atoms with Gasteiger partial charge in [-0.05, 0) is 18.6 Å². The van der Waals surface area contributed by atoms with Crippen LogP contribution in [0.3, 0.4) is 0 Å². The van der Waals surface area contributed by atoms with Gasteiger partial charge in [0.1, 0.15) is 11.0 Å². The van der Waals surface area contributed by atoms with Crippen LogP contribution in [0.25, 0.3) is 22.2 Å². The Balaban J connectivity index is 2.25. The summed E-state index contributed by atoms with van der Waals surface area (Å²) in [6.07, 6.45) is 0. The van der Waals surface area contributed by atoms with E-state index >= 15 is 0 Å². The van der Waals surface area contributed by atoms with E-state index in [1.165, 1.54) is 22.9 Å². The van der Waals surface area contributed by atoms with Crippen LogP contribution in [0.4, 0.5) is 0 Å². The van der Waals surface area contributed by atoms with E-state index in [4.69, 9.17) is 0 Å². The van der Waals surface area contributed by atoms with Gasteiger partial charge in [-0.25, -0.2) is 0 Å². The second-order valence-electron chi connectivity index (χ2n) is 3.80. The lowest BCUT2D eigenvalue weighted by molar-refractivity contribution is 1.47. The molecule has 3 rings (SSSR count). The Morgan fingerprint density at radius 2 is 1.75 bits per heavy atom. The molecule has 0 unspecified atom stereocenters. The van der Waals surface area contributed by atoms with Crippen molar-refractivity contribution in [1.29, 1.82) is 0 Å². The van der Waals surface area contributed by atoms with Crippen molar-refractivity contribution in [1.82, 2.24) is 8.75 Å². The third-order valence-electron chi connectivity index (χ3n) is 2.65. The first kappa shape index (κ1) is 9.48. The molecule has 0 amide bonds. The minimum atomic E-state index is 0.975. The zero-order valence-electron chi connectivity index (χ0n) is 8.84. The van der Waals surface area contributed by atoms with Crippen molar-refractivity contribution in [3.63, 3.8) is 0 Å². The Hall–Kier alpha value is -1.74. The lowest BCUT2D eigenvalue weighted by atomic mass is 10.0. The van der Waals surface area contributed by atoms with Crippen LogP contribution < -0.4 is 0 Å². The maximum Gasteiger partial charge on any atom is 0.112 e. The zero-order valence-corrected chi connectivity index (χ0v) is 9.66. The van der Waals surface area contributed by atoms with E-state index in [0.717, 1.165) is 16.6 Å². The van der Waals surface area contributed by atoms with Gasteiger partial charge in [0.25, 0.3) is 0 Å². The fourth-order valence-electron chi connectivity index (χ4n) is 1.77. The fraction of sp³-hybridized carbons (Fsp3) is 0.0769. The molecule has 1 heterocycles. The minimum absolute atomic E-state index is 0.975. The molecular weight excluding hydrogens is 216 g/mol. The summed E-state index contributed by atoms with van der Waals surface area (Å²) < 4.78 is 8.60. The molecule has 0 bridgehead atoms. The van der Waals surface area contributed by atoms with Crippen LogP contribution in [-0.2, 0) is 0 Å². The van der Waals surface area contributed by atoms with Crippen LogP contribution in [0.5, 0.6) is 0 Å². The zero-order chi connectivity index (χ0) is 11.0. The number of aromatic nitrogens is 2. The van der Waals surface area contributed by atoms with E-state index < -0.39 is 0 Å². The van der Waals surface area contributed by atoms with Gasteiger partial charge >= 0.3 is 0 Å². The topological polar surface area (TPSA) is 25.8 Å². The molecular formula is C13H10N2S. The smallest absolute Gasteiger partial charge is 0.112 e. The maximum atomic E-state index is 4.35. The molecule has 1 aromatic heterocycles. The highest BCUT2D eigenvalue weighted by Crippen LogP contribution is 2.27. The standard InChI is InChI=1S/C13H10N2S/c1-9-5-7-10(8-6-9)11-3-2-4-12-13(11)15-16-14-12/h2-8H,1H3. The maximum absolute atomic E-state index is 4.35. The van der Waals surface area contributed by atoms with Crippen LogP contribution in [0, 0.1) is 6.92 Å². The first-order chi connectivity index (χ1) is 7.84. The van der Waals surface area contributed by atoms with Crippen LogP contribution in [-0.4, -0.2) is 8.75 Å². The third kappa shape index (κ3) is 1.49. The minimum Gasteiger partial charge on any atom is -0.173 e. The van der Waals surface area contributed by atoms with E-state index in [1.807, 2.05) is 12.1 Å². The largest absolute Gasteiger partial charge is 0.173 e. The Kier molecular flexibility index (Phi) is 2.18. The van der Waals surface area contributed by atoms with Gasteiger partial charge in [0, 0.05) is 5.56 Å². The van der Waals surface area contributed by atoms with Crippen LogP contribution in [0.2, 0.25) is 0 Å². The van der Waals surface area contributed by atoms with Gasteiger partial charge < -0.3 is 0 Å². The summed E-state index contributed by atoms with van der Waals surface area (Å²) in [4.78, 5) is 0. The monoisotopic (exact) mass is 226 g/mol. The molecule has 78 valence electrons. The number of benzene rings is 2. The van der Waals surface area contributed by atoms with E-state index in [0.29, 0.717) is 0 Å². The number of aryl methyl sites for hydroxylation is 1. The van der Waals surface area contributed by atoms with Gasteiger partial charge in [0.05, 0.1) is 11.7 Å². The molecule has 3 aromatic rings. The SMILES string of the molecule is Cc1ccc(-c2cccc3nsnc23)cc1.